The van der Waals surface area contributed by atoms with Crippen LogP contribution in [0.15, 0.2) is 24.3 Å². The number of H-pyrrole nitrogens is 1. The van der Waals surface area contributed by atoms with Crippen molar-refractivity contribution in [1.29, 1.82) is 0 Å². The van der Waals surface area contributed by atoms with Crippen molar-refractivity contribution in [3.63, 3.8) is 0 Å². The zero-order valence-corrected chi connectivity index (χ0v) is 14.3. The van der Waals surface area contributed by atoms with Gasteiger partial charge in [-0.2, -0.15) is 0 Å². The number of anilines is 1. The molecule has 2 aromatic rings. The van der Waals surface area contributed by atoms with Gasteiger partial charge in [0.1, 0.15) is 0 Å². The molecule has 1 aliphatic heterocycles. The Morgan fingerprint density at radius 1 is 1.32 bits per heavy atom. The fourth-order valence-electron chi connectivity index (χ4n) is 3.73. The molecular weight excluding hydrogens is 316 g/mol. The Morgan fingerprint density at radius 2 is 2.16 bits per heavy atom. The second-order valence-electron chi connectivity index (χ2n) is 6.72. The third kappa shape index (κ3) is 2.65. The Labute approximate surface area is 146 Å². The highest BCUT2D eigenvalue weighted by Crippen LogP contribution is 2.36. The van der Waals surface area contributed by atoms with E-state index in [9.17, 15) is 9.59 Å². The average Bonchev–Trinajstić information content (AvgIpc) is 3.16. The number of aromatic amines is 1. The maximum atomic E-state index is 12.4. The van der Waals surface area contributed by atoms with Crippen molar-refractivity contribution in [2.24, 2.45) is 0 Å². The van der Waals surface area contributed by atoms with Gasteiger partial charge in [-0.3, -0.25) is 4.79 Å². The molecule has 1 aromatic carbocycles. The lowest BCUT2D eigenvalue weighted by molar-refractivity contribution is -0.110. The quantitative estimate of drug-likeness (QED) is 0.648. The number of ether oxygens (including phenoxy) is 1. The van der Waals surface area contributed by atoms with Crippen molar-refractivity contribution in [3.05, 3.63) is 52.3 Å². The van der Waals surface area contributed by atoms with Crippen LogP contribution in [0.5, 0.6) is 0 Å². The first kappa shape index (κ1) is 15.7. The number of benzene rings is 1. The lowest BCUT2D eigenvalue weighted by Gasteiger charge is -2.17. The number of rotatable bonds is 2. The lowest BCUT2D eigenvalue weighted by atomic mass is 9.88. The fourth-order valence-corrected chi connectivity index (χ4v) is 3.73. The fraction of sp³-hybridized carbons (Fsp3) is 0.300. The van der Waals surface area contributed by atoms with Crippen LogP contribution in [0, 0.1) is 0 Å². The van der Waals surface area contributed by atoms with Crippen molar-refractivity contribution >= 4 is 29.2 Å². The SMILES string of the molecule is COC(=O)c1ccc2c(c1)C(=Cc1cc3c([nH]1)CCCC3C)C(=O)N2. The molecule has 0 fully saturated rings. The highest BCUT2D eigenvalue weighted by Gasteiger charge is 2.26. The summed E-state index contributed by atoms with van der Waals surface area (Å²) < 4.78 is 4.77. The van der Waals surface area contributed by atoms with Crippen LogP contribution < -0.4 is 5.32 Å². The number of carbonyl (C=O) groups is 2. The number of methoxy groups -OCH3 is 1. The summed E-state index contributed by atoms with van der Waals surface area (Å²) in [6.45, 7) is 2.24. The van der Waals surface area contributed by atoms with E-state index in [1.54, 1.807) is 18.2 Å². The molecule has 0 spiro atoms. The van der Waals surface area contributed by atoms with Crippen molar-refractivity contribution in [2.75, 3.05) is 12.4 Å². The molecule has 1 amide bonds. The third-order valence-corrected chi connectivity index (χ3v) is 5.07. The summed E-state index contributed by atoms with van der Waals surface area (Å²) in [7, 11) is 1.35. The van der Waals surface area contributed by atoms with E-state index in [0.717, 1.165) is 17.7 Å². The Morgan fingerprint density at radius 3 is 2.92 bits per heavy atom. The first-order valence-electron chi connectivity index (χ1n) is 8.54. The van der Waals surface area contributed by atoms with Crippen LogP contribution in [-0.2, 0) is 16.0 Å². The predicted molar refractivity (Wildman–Crippen MR) is 96.4 cm³/mol. The van der Waals surface area contributed by atoms with Gasteiger partial charge in [-0.1, -0.05) is 6.92 Å². The summed E-state index contributed by atoms with van der Waals surface area (Å²) in [5, 5.41) is 2.85. The van der Waals surface area contributed by atoms with Gasteiger partial charge < -0.3 is 15.0 Å². The Balaban J connectivity index is 1.75. The van der Waals surface area contributed by atoms with Crippen LogP contribution in [0.3, 0.4) is 0 Å². The number of hydrogen-bond acceptors (Lipinski definition) is 3. The second-order valence-corrected chi connectivity index (χ2v) is 6.72. The summed E-state index contributed by atoms with van der Waals surface area (Å²) in [6.07, 6.45) is 5.31. The van der Waals surface area contributed by atoms with E-state index in [4.69, 9.17) is 4.74 Å². The van der Waals surface area contributed by atoms with Crippen LogP contribution in [0.1, 0.15) is 58.6 Å². The average molecular weight is 336 g/mol. The Kier molecular flexibility index (Phi) is 3.71. The molecule has 2 aliphatic rings. The zero-order chi connectivity index (χ0) is 17.6. The highest BCUT2D eigenvalue weighted by molar-refractivity contribution is 6.35. The Hall–Kier alpha value is -2.82. The minimum Gasteiger partial charge on any atom is -0.465 e. The number of hydrogen-bond donors (Lipinski definition) is 2. The van der Waals surface area contributed by atoms with E-state index in [1.165, 1.54) is 31.2 Å². The van der Waals surface area contributed by atoms with Crippen molar-refractivity contribution in [2.45, 2.75) is 32.1 Å². The Bertz CT molecular complexity index is 908. The molecule has 0 saturated carbocycles. The second kappa shape index (κ2) is 5.92. The topological polar surface area (TPSA) is 71.2 Å². The smallest absolute Gasteiger partial charge is 0.337 e. The maximum absolute atomic E-state index is 12.4. The van der Waals surface area contributed by atoms with Crippen molar-refractivity contribution in [1.82, 2.24) is 4.98 Å². The molecule has 5 heteroatoms. The predicted octanol–water partition coefficient (Wildman–Crippen LogP) is 3.73. The number of nitrogens with one attached hydrogen (secondary N) is 2. The number of carbonyl (C=O) groups excluding carboxylic acids is 2. The lowest BCUT2D eigenvalue weighted by Crippen LogP contribution is -2.04. The molecule has 1 unspecified atom stereocenters. The van der Waals surface area contributed by atoms with E-state index in [0.29, 0.717) is 22.7 Å². The van der Waals surface area contributed by atoms with Gasteiger partial charge in [-0.05, 0) is 61.1 Å². The normalized spacial score (nSPS) is 20.2. The number of amides is 1. The summed E-state index contributed by atoms with van der Waals surface area (Å²) >= 11 is 0. The molecular formula is C20H20N2O3. The van der Waals surface area contributed by atoms with E-state index in [2.05, 4.69) is 23.3 Å². The number of esters is 1. The van der Waals surface area contributed by atoms with Crippen molar-refractivity contribution in [3.8, 4) is 0 Å². The van der Waals surface area contributed by atoms with Gasteiger partial charge in [0.15, 0.2) is 0 Å². The van der Waals surface area contributed by atoms with E-state index in [-0.39, 0.29) is 5.91 Å². The molecule has 1 aromatic heterocycles. The molecule has 2 N–H and O–H groups in total. The van der Waals surface area contributed by atoms with Crippen molar-refractivity contribution < 1.29 is 14.3 Å². The summed E-state index contributed by atoms with van der Waals surface area (Å²) in [5.41, 5.74) is 5.99. The van der Waals surface area contributed by atoms with Gasteiger partial charge >= 0.3 is 5.97 Å². The number of aromatic nitrogens is 1. The molecule has 4 rings (SSSR count). The summed E-state index contributed by atoms with van der Waals surface area (Å²) in [5.74, 6) is -0.0222. The van der Waals surface area contributed by atoms with Crippen LogP contribution >= 0.6 is 0 Å². The maximum Gasteiger partial charge on any atom is 0.337 e. The summed E-state index contributed by atoms with van der Waals surface area (Å²) in [6, 6.07) is 7.24. The first-order chi connectivity index (χ1) is 12.1. The molecule has 128 valence electrons. The van der Waals surface area contributed by atoms with Gasteiger partial charge in [0, 0.05) is 22.6 Å². The van der Waals surface area contributed by atoms with Gasteiger partial charge in [-0.15, -0.1) is 0 Å². The summed E-state index contributed by atoms with van der Waals surface area (Å²) in [4.78, 5) is 27.6. The van der Waals surface area contributed by atoms with Gasteiger partial charge in [0.05, 0.1) is 18.2 Å². The van der Waals surface area contributed by atoms with Crippen LogP contribution in [-0.4, -0.2) is 24.0 Å². The molecule has 25 heavy (non-hydrogen) atoms. The standard InChI is InChI=1S/C20H20N2O3/c1-11-4-3-5-17-14(11)9-13(21-17)10-16-15-8-12(20(24)25-2)6-7-18(15)22-19(16)23/h6-11,21H,3-5H2,1-2H3,(H,22,23). The minimum atomic E-state index is -0.411. The van der Waals surface area contributed by atoms with E-state index < -0.39 is 5.97 Å². The van der Waals surface area contributed by atoms with Crippen LogP contribution in [0.25, 0.3) is 11.6 Å². The van der Waals surface area contributed by atoms with Gasteiger partial charge in [-0.25, -0.2) is 4.79 Å². The zero-order valence-electron chi connectivity index (χ0n) is 14.3. The minimum absolute atomic E-state index is 0.155. The molecule has 0 saturated heterocycles. The van der Waals surface area contributed by atoms with Gasteiger partial charge in [0.2, 0.25) is 0 Å². The van der Waals surface area contributed by atoms with E-state index >= 15 is 0 Å². The first-order valence-corrected chi connectivity index (χ1v) is 8.54. The third-order valence-electron chi connectivity index (χ3n) is 5.07. The van der Waals surface area contributed by atoms with Crippen LogP contribution in [0.4, 0.5) is 5.69 Å². The number of fused-ring (bicyclic) bond motifs is 2. The van der Waals surface area contributed by atoms with E-state index in [1.807, 2.05) is 6.08 Å². The monoisotopic (exact) mass is 336 g/mol. The molecule has 5 nitrogen and oxygen atoms in total. The molecule has 1 aliphatic carbocycles. The highest BCUT2D eigenvalue weighted by atomic mass is 16.5. The van der Waals surface area contributed by atoms with Crippen LogP contribution in [0.2, 0.25) is 0 Å². The largest absolute Gasteiger partial charge is 0.465 e. The van der Waals surface area contributed by atoms with Gasteiger partial charge in [0.25, 0.3) is 5.91 Å². The molecule has 0 radical (unpaired) electrons. The molecule has 2 heterocycles. The molecule has 0 bridgehead atoms. The number of aryl methyl sites for hydroxylation is 1. The molecule has 1 atom stereocenters.